The second-order valence-corrected chi connectivity index (χ2v) is 17.2. The SMILES string of the molecule is CC/C=C\C/C=C\C/C=C\C/C=C\C/C=C\C/C=C\C/C=C\CCCCCCCCCCCCCCCC(=O)NC(CO)C(O)/C=C/CC/C=C/CC/C=C/CCCCCCCC. The van der Waals surface area contributed by atoms with Crippen molar-refractivity contribution in [1.82, 2.24) is 5.32 Å². The van der Waals surface area contributed by atoms with Gasteiger partial charge in [0.25, 0.3) is 0 Å². The summed E-state index contributed by atoms with van der Waals surface area (Å²) in [5.41, 5.74) is 0. The van der Waals surface area contributed by atoms with Crippen LogP contribution in [0.15, 0.2) is 122 Å². The third kappa shape index (κ3) is 49.7. The fourth-order valence-corrected chi connectivity index (χ4v) is 7.19. The molecule has 0 aromatic heterocycles. The molecule has 2 atom stereocenters. The van der Waals surface area contributed by atoms with Crippen LogP contribution < -0.4 is 5.32 Å². The van der Waals surface area contributed by atoms with E-state index in [2.05, 4.69) is 129 Å². The lowest BCUT2D eigenvalue weighted by atomic mass is 10.0. The average Bonchev–Trinajstić information content (AvgIpc) is 3.29. The van der Waals surface area contributed by atoms with Crippen LogP contribution in [-0.4, -0.2) is 34.9 Å². The van der Waals surface area contributed by atoms with Crippen molar-refractivity contribution in [2.45, 2.75) is 238 Å². The van der Waals surface area contributed by atoms with Gasteiger partial charge in [-0.3, -0.25) is 4.79 Å². The van der Waals surface area contributed by atoms with Crippen molar-refractivity contribution in [3.05, 3.63) is 122 Å². The molecule has 3 N–H and O–H groups in total. The summed E-state index contributed by atoms with van der Waals surface area (Å²) in [6, 6.07) is -0.653. The van der Waals surface area contributed by atoms with E-state index in [0.29, 0.717) is 6.42 Å². The third-order valence-electron chi connectivity index (χ3n) is 11.2. The van der Waals surface area contributed by atoms with Crippen LogP contribution in [-0.2, 0) is 4.79 Å². The van der Waals surface area contributed by atoms with E-state index in [4.69, 9.17) is 0 Å². The first-order chi connectivity index (χ1) is 31.2. The minimum Gasteiger partial charge on any atom is -0.394 e. The van der Waals surface area contributed by atoms with Gasteiger partial charge in [-0.05, 0) is 103 Å². The lowest BCUT2D eigenvalue weighted by Crippen LogP contribution is -2.45. The summed E-state index contributed by atoms with van der Waals surface area (Å²) in [7, 11) is 0. The fourth-order valence-electron chi connectivity index (χ4n) is 7.19. The maximum absolute atomic E-state index is 12.4. The molecule has 0 aromatic carbocycles. The molecular formula is C59H99NO3. The summed E-state index contributed by atoms with van der Waals surface area (Å²) in [6.45, 7) is 4.16. The molecule has 0 aliphatic rings. The van der Waals surface area contributed by atoms with Crippen LogP contribution in [0, 0.1) is 0 Å². The molecular weight excluding hydrogens is 771 g/mol. The first-order valence-corrected chi connectivity index (χ1v) is 26.2. The first kappa shape index (κ1) is 59.8. The molecule has 0 aromatic rings. The molecule has 0 radical (unpaired) electrons. The van der Waals surface area contributed by atoms with Gasteiger partial charge in [-0.1, -0.05) is 238 Å². The van der Waals surface area contributed by atoms with Gasteiger partial charge in [-0.25, -0.2) is 0 Å². The Kier molecular flexibility index (Phi) is 50.4. The number of carbonyl (C=O) groups excluding carboxylic acids is 1. The summed E-state index contributed by atoms with van der Waals surface area (Å²) < 4.78 is 0. The minimum absolute atomic E-state index is 0.0845. The number of rotatable bonds is 46. The number of hydrogen-bond acceptors (Lipinski definition) is 3. The molecule has 0 aliphatic heterocycles. The van der Waals surface area contributed by atoms with Crippen LogP contribution in [0.1, 0.15) is 226 Å². The highest BCUT2D eigenvalue weighted by atomic mass is 16.3. The second kappa shape index (κ2) is 53.1. The van der Waals surface area contributed by atoms with Crippen molar-refractivity contribution in [2.24, 2.45) is 0 Å². The van der Waals surface area contributed by atoms with Gasteiger partial charge in [0.15, 0.2) is 0 Å². The zero-order valence-corrected chi connectivity index (χ0v) is 41.0. The predicted molar refractivity (Wildman–Crippen MR) is 280 cm³/mol. The minimum atomic E-state index is -0.877. The smallest absolute Gasteiger partial charge is 0.220 e. The lowest BCUT2D eigenvalue weighted by Gasteiger charge is -2.19. The van der Waals surface area contributed by atoms with Gasteiger partial charge in [-0.2, -0.15) is 0 Å². The molecule has 358 valence electrons. The summed E-state index contributed by atoms with van der Waals surface area (Å²) in [5.74, 6) is -0.0845. The van der Waals surface area contributed by atoms with Crippen LogP contribution >= 0.6 is 0 Å². The van der Waals surface area contributed by atoms with Gasteiger partial charge >= 0.3 is 0 Å². The first-order valence-electron chi connectivity index (χ1n) is 26.2. The normalized spacial score (nSPS) is 13.9. The van der Waals surface area contributed by atoms with E-state index in [1.807, 2.05) is 6.08 Å². The van der Waals surface area contributed by atoms with Crippen LogP contribution in [0.4, 0.5) is 0 Å². The van der Waals surface area contributed by atoms with E-state index < -0.39 is 12.1 Å². The van der Waals surface area contributed by atoms with Crippen LogP contribution in [0.2, 0.25) is 0 Å². The number of nitrogens with one attached hydrogen (secondary N) is 1. The van der Waals surface area contributed by atoms with Crippen molar-refractivity contribution in [2.75, 3.05) is 6.61 Å². The Labute approximate surface area is 390 Å². The van der Waals surface area contributed by atoms with Crippen molar-refractivity contribution in [3.63, 3.8) is 0 Å². The standard InChI is InChI=1S/C59H99NO3/c1-3-5-7-9-11-13-15-17-19-21-22-23-24-25-26-27-28-29-30-31-32-33-34-35-36-37-38-39-41-43-45-47-49-51-53-55-59(63)60-57(56-61)58(62)54-52-50-48-46-44-42-40-20-18-16-14-12-10-8-6-4-2/h5,7,11,13,17-20,22-23,25-26,28-29,31-32,44,46,52,54,57-58,61-62H,3-4,6,8-10,12,14-16,21,24,27,30,33-43,45,47-51,53,55-56H2,1-2H3,(H,60,63)/b7-5-,13-11-,19-17-,20-18+,23-22-,26-25-,29-28-,32-31-,46-44+,54-52+. The molecule has 0 heterocycles. The molecule has 0 saturated carbocycles. The molecule has 2 unspecified atom stereocenters. The molecule has 63 heavy (non-hydrogen) atoms. The Balaban J connectivity index is 3.60. The van der Waals surface area contributed by atoms with Gasteiger partial charge in [0.2, 0.25) is 5.91 Å². The van der Waals surface area contributed by atoms with Gasteiger partial charge in [0.05, 0.1) is 18.8 Å². The number of allylic oxidation sites excluding steroid dienone is 19. The molecule has 0 rings (SSSR count). The highest BCUT2D eigenvalue weighted by Crippen LogP contribution is 2.14. The molecule has 0 saturated heterocycles. The van der Waals surface area contributed by atoms with E-state index >= 15 is 0 Å². The maximum Gasteiger partial charge on any atom is 0.220 e. The monoisotopic (exact) mass is 870 g/mol. The fraction of sp³-hybridized carbons (Fsp3) is 0.644. The zero-order chi connectivity index (χ0) is 45.6. The van der Waals surface area contributed by atoms with Gasteiger partial charge < -0.3 is 15.5 Å². The molecule has 0 spiro atoms. The lowest BCUT2D eigenvalue weighted by molar-refractivity contribution is -0.123. The quantitative estimate of drug-likeness (QED) is 0.0422. The third-order valence-corrected chi connectivity index (χ3v) is 11.2. The Morgan fingerprint density at radius 2 is 0.714 bits per heavy atom. The molecule has 4 nitrogen and oxygen atoms in total. The highest BCUT2D eigenvalue weighted by molar-refractivity contribution is 5.76. The molecule has 4 heteroatoms. The highest BCUT2D eigenvalue weighted by Gasteiger charge is 2.17. The summed E-state index contributed by atoms with van der Waals surface area (Å²) in [5, 5.41) is 23.0. The Bertz CT molecular complexity index is 1260. The summed E-state index contributed by atoms with van der Waals surface area (Å²) in [6.07, 6.45) is 81.9. The summed E-state index contributed by atoms with van der Waals surface area (Å²) in [4.78, 5) is 12.4. The Morgan fingerprint density at radius 3 is 1.11 bits per heavy atom. The largest absolute Gasteiger partial charge is 0.394 e. The van der Waals surface area contributed by atoms with E-state index in [-0.39, 0.29) is 12.5 Å². The van der Waals surface area contributed by atoms with Crippen LogP contribution in [0.25, 0.3) is 0 Å². The second-order valence-electron chi connectivity index (χ2n) is 17.2. The molecule has 0 bridgehead atoms. The topological polar surface area (TPSA) is 69.6 Å². The van der Waals surface area contributed by atoms with Gasteiger partial charge in [-0.15, -0.1) is 0 Å². The number of carbonyl (C=O) groups is 1. The van der Waals surface area contributed by atoms with Crippen LogP contribution in [0.5, 0.6) is 0 Å². The number of aliphatic hydroxyl groups is 2. The molecule has 0 aliphatic carbocycles. The predicted octanol–water partition coefficient (Wildman–Crippen LogP) is 17.3. The van der Waals surface area contributed by atoms with E-state index in [0.717, 1.165) is 83.5 Å². The number of amides is 1. The average molecular weight is 870 g/mol. The number of aliphatic hydroxyl groups excluding tert-OH is 2. The Morgan fingerprint density at radius 1 is 0.397 bits per heavy atom. The van der Waals surface area contributed by atoms with Crippen molar-refractivity contribution < 1.29 is 15.0 Å². The van der Waals surface area contributed by atoms with Crippen LogP contribution in [0.3, 0.4) is 0 Å². The number of unbranched alkanes of at least 4 members (excludes halogenated alkanes) is 21. The Hall–Kier alpha value is -3.21. The van der Waals surface area contributed by atoms with Crippen molar-refractivity contribution in [1.29, 1.82) is 0 Å². The van der Waals surface area contributed by atoms with Crippen molar-refractivity contribution >= 4 is 5.91 Å². The summed E-state index contributed by atoms with van der Waals surface area (Å²) >= 11 is 0. The number of hydrogen-bond donors (Lipinski definition) is 3. The van der Waals surface area contributed by atoms with Gasteiger partial charge in [0.1, 0.15) is 0 Å². The molecule has 0 fully saturated rings. The van der Waals surface area contributed by atoms with Crippen molar-refractivity contribution in [3.8, 4) is 0 Å². The van der Waals surface area contributed by atoms with E-state index in [9.17, 15) is 15.0 Å². The zero-order valence-electron chi connectivity index (χ0n) is 41.0. The maximum atomic E-state index is 12.4. The van der Waals surface area contributed by atoms with Gasteiger partial charge in [0, 0.05) is 6.42 Å². The van der Waals surface area contributed by atoms with E-state index in [1.54, 1.807) is 6.08 Å². The molecule has 1 amide bonds. The van der Waals surface area contributed by atoms with E-state index in [1.165, 1.54) is 122 Å².